The predicted octanol–water partition coefficient (Wildman–Crippen LogP) is 1.87. The van der Waals surface area contributed by atoms with Crippen molar-refractivity contribution in [1.29, 1.82) is 0 Å². The van der Waals surface area contributed by atoms with Crippen LogP contribution in [-0.4, -0.2) is 132 Å². The normalized spacial score (nSPS) is 29.7. The minimum atomic E-state index is 0.225. The lowest BCUT2D eigenvalue weighted by molar-refractivity contribution is -0.0328. The summed E-state index contributed by atoms with van der Waals surface area (Å²) in [5.74, 6) is 0. The summed E-state index contributed by atoms with van der Waals surface area (Å²) in [5.41, 5.74) is 0.489. The first-order valence-electron chi connectivity index (χ1n) is 12.9. The Balaban J connectivity index is 1.50. The molecule has 6 nitrogen and oxygen atoms in total. The molecule has 0 radical (unpaired) electrons. The Morgan fingerprint density at radius 1 is 0.742 bits per heavy atom. The summed E-state index contributed by atoms with van der Waals surface area (Å²) < 4.78 is 0. The molecule has 6 heteroatoms. The van der Waals surface area contributed by atoms with Gasteiger partial charge in [0.1, 0.15) is 0 Å². The van der Waals surface area contributed by atoms with Gasteiger partial charge in [0.05, 0.1) is 0 Å². The molecule has 3 heterocycles. The molecule has 3 rings (SSSR count). The predicted molar refractivity (Wildman–Crippen MR) is 133 cm³/mol. The number of hydrogen-bond donors (Lipinski definition) is 1. The number of hydrogen-bond acceptors (Lipinski definition) is 6. The molecule has 2 unspecified atom stereocenters. The van der Waals surface area contributed by atoms with Crippen molar-refractivity contribution in [3.63, 3.8) is 0 Å². The highest BCUT2D eigenvalue weighted by atomic mass is 15.4. The Morgan fingerprint density at radius 2 is 1.23 bits per heavy atom. The van der Waals surface area contributed by atoms with Gasteiger partial charge in [-0.2, -0.15) is 0 Å². The van der Waals surface area contributed by atoms with Gasteiger partial charge >= 0.3 is 0 Å². The topological polar surface area (TPSA) is 28.2 Å². The zero-order valence-electron chi connectivity index (χ0n) is 22.0. The van der Waals surface area contributed by atoms with Gasteiger partial charge < -0.3 is 5.32 Å². The molecule has 2 atom stereocenters. The van der Waals surface area contributed by atoms with Crippen LogP contribution in [-0.2, 0) is 0 Å². The van der Waals surface area contributed by atoms with Crippen LogP contribution < -0.4 is 5.32 Å². The second kappa shape index (κ2) is 10.4. The summed E-state index contributed by atoms with van der Waals surface area (Å²) in [6, 6.07) is 1.91. The second-order valence-corrected chi connectivity index (χ2v) is 12.0. The monoisotopic (exact) mass is 436 g/mol. The summed E-state index contributed by atoms with van der Waals surface area (Å²) in [6.45, 7) is 33.5. The average Bonchev–Trinajstić information content (AvgIpc) is 2.71. The lowest BCUT2D eigenvalue weighted by Crippen LogP contribution is -2.65. The molecule has 31 heavy (non-hydrogen) atoms. The molecule has 3 saturated heterocycles. The van der Waals surface area contributed by atoms with E-state index in [2.05, 4.69) is 85.2 Å². The van der Waals surface area contributed by atoms with E-state index in [-0.39, 0.29) is 11.1 Å². The van der Waals surface area contributed by atoms with E-state index < -0.39 is 0 Å². The Morgan fingerprint density at radius 3 is 1.74 bits per heavy atom. The van der Waals surface area contributed by atoms with Gasteiger partial charge in [-0.3, -0.25) is 24.5 Å². The fourth-order valence-electron chi connectivity index (χ4n) is 6.11. The zero-order chi connectivity index (χ0) is 22.8. The average molecular weight is 437 g/mol. The maximum atomic E-state index is 3.49. The maximum Gasteiger partial charge on any atom is 0.0281 e. The molecule has 0 spiro atoms. The van der Waals surface area contributed by atoms with Gasteiger partial charge in [-0.05, 0) is 55.4 Å². The van der Waals surface area contributed by atoms with E-state index in [1.165, 1.54) is 65.4 Å². The smallest absolute Gasteiger partial charge is 0.0281 e. The highest BCUT2D eigenvalue weighted by molar-refractivity contribution is 4.95. The lowest BCUT2D eigenvalue weighted by Gasteiger charge is -2.52. The minimum absolute atomic E-state index is 0.225. The molecule has 0 bridgehead atoms. The van der Waals surface area contributed by atoms with Crippen LogP contribution in [0.25, 0.3) is 0 Å². The molecule has 0 aliphatic carbocycles. The van der Waals surface area contributed by atoms with Crippen LogP contribution >= 0.6 is 0 Å². The van der Waals surface area contributed by atoms with Crippen LogP contribution in [0.2, 0.25) is 0 Å². The van der Waals surface area contributed by atoms with Crippen molar-refractivity contribution in [3.8, 4) is 0 Å². The molecule has 182 valence electrons. The van der Waals surface area contributed by atoms with Gasteiger partial charge in [0, 0.05) is 108 Å². The van der Waals surface area contributed by atoms with E-state index in [0.29, 0.717) is 18.1 Å². The number of nitrogens with zero attached hydrogens (tertiary/aromatic N) is 5. The van der Waals surface area contributed by atoms with Crippen LogP contribution in [0.4, 0.5) is 0 Å². The highest BCUT2D eigenvalue weighted by Gasteiger charge is 2.38. The number of piperazine rings is 3. The molecule has 1 N–H and O–H groups in total. The van der Waals surface area contributed by atoms with E-state index >= 15 is 0 Å². The fourth-order valence-corrected chi connectivity index (χ4v) is 6.11. The van der Waals surface area contributed by atoms with E-state index in [4.69, 9.17) is 0 Å². The first-order chi connectivity index (χ1) is 14.5. The Hall–Kier alpha value is -0.240. The standard InChI is InChI=1S/C25H52N6/c1-21(2)28-17-22(3)31(23(4)18-28)20-25(7,8)30-15-13-27(14-16-30)19-24(5,6)29-11-9-26-10-12-29/h21-23,26H,9-20H2,1-8H3. The van der Waals surface area contributed by atoms with E-state index in [1.54, 1.807) is 0 Å². The largest absolute Gasteiger partial charge is 0.314 e. The molecule has 0 saturated carbocycles. The van der Waals surface area contributed by atoms with Crippen LogP contribution in [0, 0.1) is 0 Å². The zero-order valence-corrected chi connectivity index (χ0v) is 22.0. The Bertz CT molecular complexity index is 536. The molecule has 3 fully saturated rings. The summed E-state index contributed by atoms with van der Waals surface area (Å²) in [5, 5.41) is 3.49. The van der Waals surface area contributed by atoms with Crippen LogP contribution in [0.5, 0.6) is 0 Å². The summed E-state index contributed by atoms with van der Waals surface area (Å²) in [7, 11) is 0. The van der Waals surface area contributed by atoms with Crippen molar-refractivity contribution in [2.24, 2.45) is 0 Å². The third kappa shape index (κ3) is 6.42. The third-order valence-corrected chi connectivity index (χ3v) is 8.24. The molecular formula is C25H52N6. The van der Waals surface area contributed by atoms with Crippen LogP contribution in [0.1, 0.15) is 55.4 Å². The van der Waals surface area contributed by atoms with Gasteiger partial charge in [0.15, 0.2) is 0 Å². The summed E-state index contributed by atoms with van der Waals surface area (Å²) in [4.78, 5) is 13.6. The number of rotatable bonds is 7. The first kappa shape index (κ1) is 25.4. The molecule has 0 aromatic carbocycles. The Kier molecular flexibility index (Phi) is 8.48. The van der Waals surface area contributed by atoms with Crippen molar-refractivity contribution in [1.82, 2.24) is 29.8 Å². The summed E-state index contributed by atoms with van der Waals surface area (Å²) in [6.07, 6.45) is 0. The molecular weight excluding hydrogens is 384 g/mol. The third-order valence-electron chi connectivity index (χ3n) is 8.24. The van der Waals surface area contributed by atoms with Crippen LogP contribution in [0.15, 0.2) is 0 Å². The first-order valence-corrected chi connectivity index (χ1v) is 12.9. The number of nitrogens with one attached hydrogen (secondary N) is 1. The molecule has 0 aromatic rings. The highest BCUT2D eigenvalue weighted by Crippen LogP contribution is 2.25. The molecule has 0 amide bonds. The SMILES string of the molecule is CC(C)N1CC(C)N(CC(C)(C)N2CCN(CC(C)(C)N3CCNCC3)CC2)C(C)C1. The van der Waals surface area contributed by atoms with Crippen molar-refractivity contribution in [3.05, 3.63) is 0 Å². The van der Waals surface area contributed by atoms with Gasteiger partial charge in [0.25, 0.3) is 0 Å². The van der Waals surface area contributed by atoms with Gasteiger partial charge in [-0.25, -0.2) is 0 Å². The van der Waals surface area contributed by atoms with Crippen molar-refractivity contribution in [2.45, 2.75) is 84.6 Å². The van der Waals surface area contributed by atoms with E-state index in [1.807, 2.05) is 0 Å². The van der Waals surface area contributed by atoms with E-state index in [9.17, 15) is 0 Å². The van der Waals surface area contributed by atoms with Gasteiger partial charge in [0.2, 0.25) is 0 Å². The van der Waals surface area contributed by atoms with Crippen molar-refractivity contribution >= 4 is 0 Å². The Labute approximate surface area is 193 Å². The molecule has 0 aromatic heterocycles. The quantitative estimate of drug-likeness (QED) is 0.655. The van der Waals surface area contributed by atoms with Gasteiger partial charge in [-0.1, -0.05) is 0 Å². The van der Waals surface area contributed by atoms with Gasteiger partial charge in [-0.15, -0.1) is 0 Å². The molecule has 3 aliphatic rings. The second-order valence-electron chi connectivity index (χ2n) is 12.0. The minimum Gasteiger partial charge on any atom is -0.314 e. The fraction of sp³-hybridized carbons (Fsp3) is 1.00. The lowest BCUT2D eigenvalue weighted by atomic mass is 9.96. The summed E-state index contributed by atoms with van der Waals surface area (Å²) >= 11 is 0. The van der Waals surface area contributed by atoms with Crippen molar-refractivity contribution < 1.29 is 0 Å². The van der Waals surface area contributed by atoms with E-state index in [0.717, 1.165) is 13.1 Å². The maximum absolute atomic E-state index is 3.49. The van der Waals surface area contributed by atoms with Crippen LogP contribution in [0.3, 0.4) is 0 Å². The molecule has 3 aliphatic heterocycles. The van der Waals surface area contributed by atoms with Crippen molar-refractivity contribution in [2.75, 3.05) is 78.5 Å².